The molecule has 0 saturated heterocycles. The largest absolute Gasteiger partial charge is 0.484 e. The smallest absolute Gasteiger partial charge is 0.261 e. The minimum atomic E-state index is -0.712. The molecule has 2 amide bonds. The van der Waals surface area contributed by atoms with Crippen LogP contribution in [-0.4, -0.2) is 36.4 Å². The number of ether oxygens (including phenoxy) is 1. The van der Waals surface area contributed by atoms with Crippen molar-refractivity contribution in [3.05, 3.63) is 63.6 Å². The van der Waals surface area contributed by atoms with Crippen molar-refractivity contribution in [2.75, 3.05) is 13.7 Å². The minimum absolute atomic E-state index is 0.100. The lowest BCUT2D eigenvalue weighted by Gasteiger charge is -2.29. The van der Waals surface area contributed by atoms with Gasteiger partial charge in [-0.1, -0.05) is 47.0 Å². The summed E-state index contributed by atoms with van der Waals surface area (Å²) in [6.07, 6.45) is 0. The molecule has 0 aliphatic carbocycles. The van der Waals surface area contributed by atoms with Gasteiger partial charge in [0.25, 0.3) is 5.91 Å². The summed E-state index contributed by atoms with van der Waals surface area (Å²) in [5.74, 6) is -0.0539. The molecule has 0 aliphatic rings. The van der Waals surface area contributed by atoms with E-state index in [1.807, 2.05) is 19.1 Å². The van der Waals surface area contributed by atoms with Crippen molar-refractivity contribution in [1.29, 1.82) is 0 Å². The molecule has 0 spiro atoms. The lowest BCUT2D eigenvalue weighted by molar-refractivity contribution is -0.142. The third-order valence-corrected chi connectivity index (χ3v) is 4.90. The summed E-state index contributed by atoms with van der Waals surface area (Å²) < 4.78 is 5.58. The monoisotopic (exact) mass is 408 g/mol. The summed E-state index contributed by atoms with van der Waals surface area (Å²) in [5.41, 5.74) is 1.68. The molecule has 0 saturated carbocycles. The first-order chi connectivity index (χ1) is 12.8. The van der Waals surface area contributed by atoms with Crippen molar-refractivity contribution >= 4 is 35.0 Å². The molecule has 27 heavy (non-hydrogen) atoms. The van der Waals surface area contributed by atoms with Gasteiger partial charge in [-0.15, -0.1) is 0 Å². The molecule has 0 bridgehead atoms. The lowest BCUT2D eigenvalue weighted by Crippen LogP contribution is -2.48. The van der Waals surface area contributed by atoms with Gasteiger partial charge in [0, 0.05) is 29.2 Å². The van der Waals surface area contributed by atoms with Crippen LogP contribution in [-0.2, 0) is 16.1 Å². The molecule has 0 aromatic heterocycles. The van der Waals surface area contributed by atoms with Crippen molar-refractivity contribution in [3.8, 4) is 5.75 Å². The SMILES string of the molecule is CNC(=O)[C@H](C)N(Cc1c(Cl)cccc1Cl)C(=O)COc1ccc(C)cc1. The number of rotatable bonds is 7. The molecule has 144 valence electrons. The van der Waals surface area contributed by atoms with Crippen LogP contribution in [0.25, 0.3) is 0 Å². The molecule has 2 aromatic carbocycles. The molecule has 0 unspecified atom stereocenters. The Hall–Kier alpha value is -2.24. The first-order valence-electron chi connectivity index (χ1n) is 8.47. The van der Waals surface area contributed by atoms with Gasteiger partial charge in [-0.25, -0.2) is 0 Å². The van der Waals surface area contributed by atoms with Crippen LogP contribution < -0.4 is 10.1 Å². The van der Waals surface area contributed by atoms with Gasteiger partial charge >= 0.3 is 0 Å². The average Bonchev–Trinajstić information content (AvgIpc) is 2.66. The lowest BCUT2D eigenvalue weighted by atomic mass is 10.1. The number of nitrogens with zero attached hydrogens (tertiary/aromatic N) is 1. The maximum absolute atomic E-state index is 12.8. The van der Waals surface area contributed by atoms with Gasteiger partial charge in [-0.2, -0.15) is 0 Å². The van der Waals surface area contributed by atoms with E-state index in [9.17, 15) is 9.59 Å². The predicted octanol–water partition coefficient (Wildman–Crippen LogP) is 3.84. The molecule has 7 heteroatoms. The highest BCUT2D eigenvalue weighted by atomic mass is 35.5. The van der Waals surface area contributed by atoms with Gasteiger partial charge in [0.2, 0.25) is 5.91 Å². The molecule has 0 fully saturated rings. The highest BCUT2D eigenvalue weighted by molar-refractivity contribution is 6.36. The number of aryl methyl sites for hydroxylation is 1. The fourth-order valence-electron chi connectivity index (χ4n) is 2.51. The third kappa shape index (κ3) is 5.62. The maximum Gasteiger partial charge on any atom is 0.261 e. The number of hydrogen-bond acceptors (Lipinski definition) is 3. The van der Waals surface area contributed by atoms with Gasteiger partial charge in [-0.05, 0) is 38.1 Å². The van der Waals surface area contributed by atoms with E-state index >= 15 is 0 Å². The Morgan fingerprint density at radius 3 is 2.26 bits per heavy atom. The molecule has 0 radical (unpaired) electrons. The van der Waals surface area contributed by atoms with E-state index in [1.54, 1.807) is 37.3 Å². The first-order valence-corrected chi connectivity index (χ1v) is 9.22. The molecular formula is C20H22Cl2N2O3. The van der Waals surface area contributed by atoms with E-state index in [1.165, 1.54) is 11.9 Å². The highest BCUT2D eigenvalue weighted by Crippen LogP contribution is 2.26. The van der Waals surface area contributed by atoms with E-state index < -0.39 is 6.04 Å². The quantitative estimate of drug-likeness (QED) is 0.756. The van der Waals surface area contributed by atoms with Gasteiger partial charge < -0.3 is 15.0 Å². The molecule has 5 nitrogen and oxygen atoms in total. The van der Waals surface area contributed by atoms with Crippen LogP contribution in [0.4, 0.5) is 0 Å². The standard InChI is InChI=1S/C20H22Cl2N2O3/c1-13-7-9-15(10-8-13)27-12-19(25)24(14(2)20(26)23-3)11-16-17(21)5-4-6-18(16)22/h4-10,14H,11-12H2,1-3H3,(H,23,26)/t14-/m0/s1. The van der Waals surface area contributed by atoms with Crippen LogP contribution in [0.3, 0.4) is 0 Å². The van der Waals surface area contributed by atoms with Crippen molar-refractivity contribution in [2.45, 2.75) is 26.4 Å². The first kappa shape index (κ1) is 21.1. The highest BCUT2D eigenvalue weighted by Gasteiger charge is 2.27. The number of nitrogens with one attached hydrogen (secondary N) is 1. The van der Waals surface area contributed by atoms with Crippen LogP contribution >= 0.6 is 23.2 Å². The Kier molecular flexibility index (Phi) is 7.51. The van der Waals surface area contributed by atoms with E-state index in [-0.39, 0.29) is 25.0 Å². The molecular weight excluding hydrogens is 387 g/mol. The van der Waals surface area contributed by atoms with Gasteiger partial charge in [0.05, 0.1) is 0 Å². The van der Waals surface area contributed by atoms with Crippen LogP contribution in [0.1, 0.15) is 18.1 Å². The average molecular weight is 409 g/mol. The molecule has 0 aliphatic heterocycles. The molecule has 0 heterocycles. The van der Waals surface area contributed by atoms with Crippen LogP contribution in [0.15, 0.2) is 42.5 Å². The van der Waals surface area contributed by atoms with Crippen LogP contribution in [0.5, 0.6) is 5.75 Å². The number of carbonyl (C=O) groups is 2. The van der Waals surface area contributed by atoms with Crippen LogP contribution in [0, 0.1) is 6.92 Å². The predicted molar refractivity (Wildman–Crippen MR) is 107 cm³/mol. The van der Waals surface area contributed by atoms with Gasteiger partial charge in [-0.3, -0.25) is 9.59 Å². The van der Waals surface area contributed by atoms with E-state index in [0.29, 0.717) is 21.4 Å². The Morgan fingerprint density at radius 2 is 1.70 bits per heavy atom. The van der Waals surface area contributed by atoms with Crippen molar-refractivity contribution in [2.24, 2.45) is 0 Å². The number of amides is 2. The maximum atomic E-state index is 12.8. The zero-order valence-electron chi connectivity index (χ0n) is 15.5. The Labute approximate surface area is 169 Å². The Morgan fingerprint density at radius 1 is 1.11 bits per heavy atom. The second-order valence-corrected chi connectivity index (χ2v) is 6.93. The topological polar surface area (TPSA) is 58.6 Å². The fraction of sp³-hybridized carbons (Fsp3) is 0.300. The van der Waals surface area contributed by atoms with E-state index in [4.69, 9.17) is 27.9 Å². The summed E-state index contributed by atoms with van der Waals surface area (Å²) >= 11 is 12.5. The van der Waals surface area contributed by atoms with Gasteiger partial charge in [0.15, 0.2) is 6.61 Å². The Bertz CT molecular complexity index is 789. The van der Waals surface area contributed by atoms with Gasteiger partial charge in [0.1, 0.15) is 11.8 Å². The fourth-order valence-corrected chi connectivity index (χ4v) is 3.02. The molecule has 1 N–H and O–H groups in total. The van der Waals surface area contributed by atoms with Crippen molar-refractivity contribution < 1.29 is 14.3 Å². The summed E-state index contributed by atoms with van der Waals surface area (Å²) in [6, 6.07) is 11.8. The number of halogens is 2. The number of likely N-dealkylation sites (N-methyl/N-ethyl adjacent to an activating group) is 1. The number of carbonyl (C=O) groups excluding carboxylic acids is 2. The molecule has 1 atom stereocenters. The zero-order valence-corrected chi connectivity index (χ0v) is 17.0. The van der Waals surface area contributed by atoms with Crippen molar-refractivity contribution in [3.63, 3.8) is 0 Å². The minimum Gasteiger partial charge on any atom is -0.484 e. The second-order valence-electron chi connectivity index (χ2n) is 6.11. The Balaban J connectivity index is 2.19. The normalized spacial score (nSPS) is 11.6. The van der Waals surface area contributed by atoms with Crippen LogP contribution in [0.2, 0.25) is 10.0 Å². The van der Waals surface area contributed by atoms with Crippen molar-refractivity contribution in [1.82, 2.24) is 10.2 Å². The second kappa shape index (κ2) is 9.62. The zero-order chi connectivity index (χ0) is 20.0. The van der Waals surface area contributed by atoms with E-state index in [2.05, 4.69) is 5.32 Å². The molecule has 2 aromatic rings. The summed E-state index contributed by atoms with van der Waals surface area (Å²) in [5, 5.41) is 3.42. The number of benzene rings is 2. The third-order valence-electron chi connectivity index (χ3n) is 4.19. The summed E-state index contributed by atoms with van der Waals surface area (Å²) in [6.45, 7) is 3.51. The summed E-state index contributed by atoms with van der Waals surface area (Å²) in [4.78, 5) is 26.3. The van der Waals surface area contributed by atoms with E-state index in [0.717, 1.165) is 5.56 Å². The summed E-state index contributed by atoms with van der Waals surface area (Å²) in [7, 11) is 1.52. The number of hydrogen-bond donors (Lipinski definition) is 1. The molecule has 2 rings (SSSR count).